The number of benzene rings is 2. The molecule has 0 saturated carbocycles. The van der Waals surface area contributed by atoms with Gasteiger partial charge >= 0.3 is 5.69 Å². The number of aliphatic hydroxyl groups excluding tert-OH is 1. The van der Waals surface area contributed by atoms with Crippen LogP contribution in [-0.4, -0.2) is 76.2 Å². The van der Waals surface area contributed by atoms with Gasteiger partial charge in [0.05, 0.1) is 19.8 Å². The first kappa shape index (κ1) is 27.5. The number of piperidine rings is 1. The molecule has 2 aromatic carbocycles. The number of carbonyl (C=O) groups excluding carboxylic acids is 1. The van der Waals surface area contributed by atoms with Crippen LogP contribution in [0.25, 0.3) is 11.1 Å². The number of aromatic nitrogens is 2. The predicted octanol–water partition coefficient (Wildman–Crippen LogP) is 1.47. The fraction of sp³-hybridized carbons (Fsp3) is 0.414. The summed E-state index contributed by atoms with van der Waals surface area (Å²) in [5, 5.41) is 14.0. The number of anilines is 1. The molecule has 0 spiro atoms. The van der Waals surface area contributed by atoms with Gasteiger partial charge in [-0.15, -0.1) is 0 Å². The fourth-order valence-corrected chi connectivity index (χ4v) is 5.67. The third-order valence-electron chi connectivity index (χ3n) is 7.89. The summed E-state index contributed by atoms with van der Waals surface area (Å²) >= 11 is 0. The van der Waals surface area contributed by atoms with Crippen LogP contribution in [-0.2, 0) is 24.8 Å². The van der Waals surface area contributed by atoms with E-state index >= 15 is 0 Å². The maximum absolute atomic E-state index is 13.3. The van der Waals surface area contributed by atoms with Crippen molar-refractivity contribution in [2.45, 2.75) is 38.2 Å². The third-order valence-corrected chi connectivity index (χ3v) is 7.89. The number of hydrogen-bond acceptors (Lipinski definition) is 8. The lowest BCUT2D eigenvalue weighted by Crippen LogP contribution is -2.53. The Morgan fingerprint density at radius 2 is 1.75 bits per heavy atom. The van der Waals surface area contributed by atoms with Crippen molar-refractivity contribution < 1.29 is 19.4 Å². The molecule has 1 unspecified atom stereocenters. The average molecular weight is 550 g/mol. The van der Waals surface area contributed by atoms with Gasteiger partial charge in [0, 0.05) is 50.2 Å². The first-order valence-corrected chi connectivity index (χ1v) is 13.4. The van der Waals surface area contributed by atoms with Crippen molar-refractivity contribution in [1.82, 2.24) is 18.9 Å². The van der Waals surface area contributed by atoms with Gasteiger partial charge in [-0.1, -0.05) is 30.3 Å². The van der Waals surface area contributed by atoms with E-state index in [-0.39, 0.29) is 24.1 Å². The monoisotopic (exact) mass is 549 g/mol. The average Bonchev–Trinajstić information content (AvgIpc) is 3.15. The zero-order chi connectivity index (χ0) is 28.4. The van der Waals surface area contributed by atoms with E-state index in [2.05, 4.69) is 16.3 Å². The van der Waals surface area contributed by atoms with Gasteiger partial charge in [0.25, 0.3) is 5.56 Å². The molecule has 3 heterocycles. The van der Waals surface area contributed by atoms with Crippen molar-refractivity contribution >= 4 is 11.6 Å². The van der Waals surface area contributed by atoms with E-state index in [1.165, 1.54) is 37.6 Å². The molecular weight excluding hydrogens is 514 g/mol. The molecule has 0 aliphatic carbocycles. The molecule has 0 radical (unpaired) electrons. The normalized spacial score (nSPS) is 18.0. The standard InChI is InChI=1S/C29H35N5O6/c1-31-27(36)22(21-8-6-10-24(39-2)26(21)40-3)17-33(29(31)38)18-25(35)32-14-12-20(13-15-32)34-16-11-19-7-4-5-9-23(19)30-28(34)37/h4-10,17,20,28,30,37H,11-16,18H2,1-3H3. The van der Waals surface area contributed by atoms with Gasteiger partial charge in [0.1, 0.15) is 6.54 Å². The number of para-hydroxylation sites is 2. The first-order chi connectivity index (χ1) is 19.3. The predicted molar refractivity (Wildman–Crippen MR) is 151 cm³/mol. The van der Waals surface area contributed by atoms with Gasteiger partial charge in [0.2, 0.25) is 5.91 Å². The molecular formula is C29H35N5O6. The lowest BCUT2D eigenvalue weighted by Gasteiger charge is -2.40. The van der Waals surface area contributed by atoms with Crippen LogP contribution >= 0.6 is 0 Å². The number of ether oxygens (including phenoxy) is 2. The minimum Gasteiger partial charge on any atom is -0.493 e. The number of amides is 1. The summed E-state index contributed by atoms with van der Waals surface area (Å²) in [6.45, 7) is 1.54. The van der Waals surface area contributed by atoms with Crippen LogP contribution in [0.5, 0.6) is 11.5 Å². The summed E-state index contributed by atoms with van der Waals surface area (Å²) in [5.41, 5.74) is 1.75. The molecule has 3 aromatic rings. The lowest BCUT2D eigenvalue weighted by atomic mass is 10.0. The minimum absolute atomic E-state index is 0.119. The summed E-state index contributed by atoms with van der Waals surface area (Å²) < 4.78 is 13.1. The molecule has 2 aliphatic heterocycles. The van der Waals surface area contributed by atoms with Crippen LogP contribution in [0.2, 0.25) is 0 Å². The smallest absolute Gasteiger partial charge is 0.331 e. The molecule has 11 nitrogen and oxygen atoms in total. The molecule has 1 amide bonds. The van der Waals surface area contributed by atoms with Gasteiger partial charge < -0.3 is 24.8 Å². The minimum atomic E-state index is -0.799. The van der Waals surface area contributed by atoms with Crippen LogP contribution in [0.3, 0.4) is 0 Å². The highest BCUT2D eigenvalue weighted by molar-refractivity contribution is 5.77. The first-order valence-electron chi connectivity index (χ1n) is 13.4. The van der Waals surface area contributed by atoms with Crippen LogP contribution in [0.15, 0.2) is 58.3 Å². The van der Waals surface area contributed by atoms with Gasteiger partial charge in [0.15, 0.2) is 17.9 Å². The Kier molecular flexibility index (Phi) is 7.95. The number of likely N-dealkylation sites (tertiary alicyclic amines) is 1. The summed E-state index contributed by atoms with van der Waals surface area (Å²) in [6.07, 6.45) is 2.86. The number of fused-ring (bicyclic) bond motifs is 1. The Hall–Kier alpha value is -4.09. The second-order valence-electron chi connectivity index (χ2n) is 10.1. The number of nitrogens with zero attached hydrogens (tertiary/aromatic N) is 4. The molecule has 1 fully saturated rings. The van der Waals surface area contributed by atoms with Crippen LogP contribution in [0, 0.1) is 0 Å². The number of aliphatic hydroxyl groups is 1. The van der Waals surface area contributed by atoms with Crippen LogP contribution in [0.1, 0.15) is 18.4 Å². The van der Waals surface area contributed by atoms with Crippen molar-refractivity contribution in [2.75, 3.05) is 39.2 Å². The zero-order valence-electron chi connectivity index (χ0n) is 23.0. The second kappa shape index (κ2) is 11.6. The number of hydrogen-bond donors (Lipinski definition) is 2. The van der Waals surface area contributed by atoms with Crippen LogP contribution < -0.4 is 26.0 Å². The highest BCUT2D eigenvalue weighted by atomic mass is 16.5. The summed E-state index contributed by atoms with van der Waals surface area (Å²) in [4.78, 5) is 43.1. The van der Waals surface area contributed by atoms with E-state index in [1.54, 1.807) is 23.1 Å². The summed E-state index contributed by atoms with van der Waals surface area (Å²) in [5.74, 6) is 0.617. The van der Waals surface area contributed by atoms with Gasteiger partial charge in [-0.25, -0.2) is 4.79 Å². The van der Waals surface area contributed by atoms with Crippen molar-refractivity contribution in [3.63, 3.8) is 0 Å². The fourth-order valence-electron chi connectivity index (χ4n) is 5.67. The Balaban J connectivity index is 1.29. The van der Waals surface area contributed by atoms with E-state index in [9.17, 15) is 19.5 Å². The quantitative estimate of drug-likeness (QED) is 0.475. The zero-order valence-corrected chi connectivity index (χ0v) is 23.0. The second-order valence-corrected chi connectivity index (χ2v) is 10.1. The molecule has 1 atom stereocenters. The number of methoxy groups -OCH3 is 2. The molecule has 2 aliphatic rings. The van der Waals surface area contributed by atoms with Crippen molar-refractivity contribution in [3.8, 4) is 22.6 Å². The largest absolute Gasteiger partial charge is 0.493 e. The van der Waals surface area contributed by atoms with Gasteiger partial charge in [-0.3, -0.25) is 23.6 Å². The molecule has 212 valence electrons. The highest BCUT2D eigenvalue weighted by Crippen LogP contribution is 2.36. The van der Waals surface area contributed by atoms with E-state index < -0.39 is 17.6 Å². The Morgan fingerprint density at radius 3 is 2.48 bits per heavy atom. The Labute approximate surface area is 232 Å². The number of carbonyl (C=O) groups is 1. The van der Waals surface area contributed by atoms with E-state index in [4.69, 9.17) is 9.47 Å². The Bertz CT molecular complexity index is 1510. The van der Waals surface area contributed by atoms with Crippen molar-refractivity contribution in [1.29, 1.82) is 0 Å². The van der Waals surface area contributed by atoms with Gasteiger partial charge in [-0.05, 0) is 37.0 Å². The topological polar surface area (TPSA) is 118 Å². The van der Waals surface area contributed by atoms with E-state index in [1.807, 2.05) is 18.2 Å². The molecule has 5 rings (SSSR count). The van der Waals surface area contributed by atoms with E-state index in [0.717, 1.165) is 16.7 Å². The molecule has 1 saturated heterocycles. The summed E-state index contributed by atoms with van der Waals surface area (Å²) in [7, 11) is 4.38. The van der Waals surface area contributed by atoms with E-state index in [0.29, 0.717) is 49.5 Å². The Morgan fingerprint density at radius 1 is 1.00 bits per heavy atom. The maximum atomic E-state index is 13.3. The van der Waals surface area contributed by atoms with Crippen LogP contribution in [0.4, 0.5) is 5.69 Å². The number of nitrogens with one attached hydrogen (secondary N) is 1. The van der Waals surface area contributed by atoms with Crippen molar-refractivity contribution in [3.05, 3.63) is 75.1 Å². The lowest BCUT2D eigenvalue weighted by molar-refractivity contribution is -0.134. The van der Waals surface area contributed by atoms with Crippen molar-refractivity contribution in [2.24, 2.45) is 7.05 Å². The molecule has 1 aromatic heterocycles. The van der Waals surface area contributed by atoms with Gasteiger partial charge in [-0.2, -0.15) is 0 Å². The molecule has 40 heavy (non-hydrogen) atoms. The molecule has 0 bridgehead atoms. The number of rotatable bonds is 6. The highest BCUT2D eigenvalue weighted by Gasteiger charge is 2.32. The third kappa shape index (κ3) is 5.22. The maximum Gasteiger partial charge on any atom is 0.331 e. The molecule has 2 N–H and O–H groups in total. The SMILES string of the molecule is COc1cccc(-c2cn(CC(=O)N3CCC(N4CCc5ccccc5NC4O)CC3)c(=O)n(C)c2=O)c1OC. The summed E-state index contributed by atoms with van der Waals surface area (Å²) in [6, 6.07) is 13.3. The molecule has 11 heteroatoms.